The van der Waals surface area contributed by atoms with Gasteiger partial charge in [-0.25, -0.2) is 18.4 Å². The van der Waals surface area contributed by atoms with E-state index in [2.05, 4.69) is 16.1 Å². The fraction of sp³-hybridized carbons (Fsp3) is 0.167. The molecule has 0 saturated heterocycles. The van der Waals surface area contributed by atoms with Crippen LogP contribution in [0.15, 0.2) is 61.1 Å². The number of nitrogen functional groups attached to an aromatic ring is 1. The predicted octanol–water partition coefficient (Wildman–Crippen LogP) is 4.25. The van der Waals surface area contributed by atoms with Gasteiger partial charge in [0.25, 0.3) is 0 Å². The molecule has 31 heavy (non-hydrogen) atoms. The van der Waals surface area contributed by atoms with Crippen LogP contribution in [0.1, 0.15) is 16.7 Å². The van der Waals surface area contributed by atoms with Gasteiger partial charge in [0.05, 0.1) is 0 Å². The van der Waals surface area contributed by atoms with Crippen molar-refractivity contribution in [3.63, 3.8) is 0 Å². The van der Waals surface area contributed by atoms with E-state index in [-0.39, 0.29) is 12.0 Å². The molecule has 2 aromatic carbocycles. The number of pyridine rings is 1. The van der Waals surface area contributed by atoms with Crippen LogP contribution in [-0.2, 0) is 13.0 Å². The normalized spacial score (nSPS) is 11.3. The Labute approximate surface area is 179 Å². The molecule has 0 bridgehead atoms. The zero-order chi connectivity index (χ0) is 22.0. The molecule has 0 unspecified atom stereocenters. The number of nitrogens with zero attached hydrogens (tertiary/aromatic N) is 4. The largest absolute Gasteiger partial charge is 0.398 e. The Morgan fingerprint density at radius 1 is 1.10 bits per heavy atom. The van der Waals surface area contributed by atoms with Crippen LogP contribution in [0.4, 0.5) is 14.5 Å². The Hall–Kier alpha value is -3.58. The summed E-state index contributed by atoms with van der Waals surface area (Å²) >= 11 is 0. The minimum atomic E-state index is -0.578. The highest BCUT2D eigenvalue weighted by molar-refractivity contribution is 5.79. The average molecular weight is 418 g/mol. The summed E-state index contributed by atoms with van der Waals surface area (Å²) in [5, 5.41) is 4.18. The van der Waals surface area contributed by atoms with Crippen molar-refractivity contribution >= 4 is 5.69 Å². The van der Waals surface area contributed by atoms with E-state index < -0.39 is 11.6 Å². The summed E-state index contributed by atoms with van der Waals surface area (Å²) in [4.78, 5) is 6.45. The minimum Gasteiger partial charge on any atom is -0.398 e. The van der Waals surface area contributed by atoms with Crippen LogP contribution in [0.25, 0.3) is 16.9 Å². The summed E-state index contributed by atoms with van der Waals surface area (Å²) < 4.78 is 30.1. The van der Waals surface area contributed by atoms with E-state index in [1.807, 2.05) is 49.5 Å². The van der Waals surface area contributed by atoms with E-state index in [4.69, 9.17) is 5.73 Å². The van der Waals surface area contributed by atoms with Crippen molar-refractivity contribution in [2.45, 2.75) is 13.0 Å². The molecule has 0 aliphatic heterocycles. The molecule has 5 nitrogen and oxygen atoms in total. The highest BCUT2D eigenvalue weighted by atomic mass is 19.1. The molecule has 4 rings (SSSR count). The van der Waals surface area contributed by atoms with Crippen LogP contribution in [-0.4, -0.2) is 33.8 Å². The van der Waals surface area contributed by atoms with Crippen LogP contribution in [0.2, 0.25) is 0 Å². The predicted molar refractivity (Wildman–Crippen MR) is 117 cm³/mol. The molecule has 0 saturated carbocycles. The number of nitrogens with two attached hydrogens (primary N) is 1. The van der Waals surface area contributed by atoms with Crippen molar-refractivity contribution in [1.82, 2.24) is 19.7 Å². The second-order valence-electron chi connectivity index (χ2n) is 7.57. The standard InChI is InChI=1S/C24H22F2N5/c1-30(2)15-18-11-16(13-20-21(25)5-3-6-22(20)26)12-19(24(18)27)17-7-8-23(28-14-17)31-10-4-9-29-31/h3-10,12,14H,13,15,27H2,1-2H3. The lowest BCUT2D eigenvalue weighted by atomic mass is 9.94. The Bertz CT molecular complexity index is 1170. The first-order chi connectivity index (χ1) is 14.9. The Morgan fingerprint density at radius 2 is 1.87 bits per heavy atom. The van der Waals surface area contributed by atoms with Crippen molar-refractivity contribution < 1.29 is 8.78 Å². The van der Waals surface area contributed by atoms with Gasteiger partial charge in [-0.1, -0.05) is 6.07 Å². The summed E-state index contributed by atoms with van der Waals surface area (Å²) in [7, 11) is 3.85. The molecule has 157 valence electrons. The molecule has 0 aliphatic carbocycles. The van der Waals surface area contributed by atoms with Crippen molar-refractivity contribution in [3.05, 3.63) is 95.4 Å². The van der Waals surface area contributed by atoms with Gasteiger partial charge in [-0.15, -0.1) is 0 Å². The van der Waals surface area contributed by atoms with Crippen LogP contribution < -0.4 is 5.73 Å². The number of anilines is 1. The molecule has 0 amide bonds. The quantitative estimate of drug-likeness (QED) is 0.476. The second-order valence-corrected chi connectivity index (χ2v) is 7.57. The second kappa shape index (κ2) is 8.65. The lowest BCUT2D eigenvalue weighted by Gasteiger charge is -2.17. The maximum absolute atomic E-state index is 14.2. The molecule has 2 heterocycles. The molecule has 2 aromatic heterocycles. The lowest BCUT2D eigenvalue weighted by Crippen LogP contribution is -2.13. The zero-order valence-corrected chi connectivity index (χ0v) is 17.3. The number of rotatable bonds is 6. The first-order valence-corrected chi connectivity index (χ1v) is 9.80. The molecule has 4 aromatic rings. The molecule has 1 radical (unpaired) electrons. The first kappa shape index (κ1) is 20.7. The maximum atomic E-state index is 14.2. The SMILES string of the molecule is CN(C)Cc1[c]c(Cc2c(F)cccc2F)cc(-c2ccc(-n3cccn3)nc2)c1N. The van der Waals surface area contributed by atoms with Gasteiger partial charge in [0.1, 0.15) is 11.6 Å². The van der Waals surface area contributed by atoms with Crippen LogP contribution in [0, 0.1) is 17.7 Å². The third-order valence-corrected chi connectivity index (χ3v) is 4.95. The van der Waals surface area contributed by atoms with Crippen LogP contribution in [0.3, 0.4) is 0 Å². The first-order valence-electron chi connectivity index (χ1n) is 9.80. The van der Waals surface area contributed by atoms with Crippen molar-refractivity contribution in [3.8, 4) is 16.9 Å². The highest BCUT2D eigenvalue weighted by Gasteiger charge is 2.15. The molecular weight excluding hydrogens is 396 g/mol. The van der Waals surface area contributed by atoms with Gasteiger partial charge < -0.3 is 10.6 Å². The van der Waals surface area contributed by atoms with E-state index in [1.165, 1.54) is 18.2 Å². The van der Waals surface area contributed by atoms with Gasteiger partial charge in [-0.3, -0.25) is 0 Å². The van der Waals surface area contributed by atoms with E-state index in [0.717, 1.165) is 16.7 Å². The molecule has 0 spiro atoms. The number of halogens is 2. The van der Waals surface area contributed by atoms with E-state index in [9.17, 15) is 8.78 Å². The Morgan fingerprint density at radius 3 is 2.48 bits per heavy atom. The van der Waals surface area contributed by atoms with Gasteiger partial charge in [-0.2, -0.15) is 5.10 Å². The molecule has 0 aliphatic rings. The molecule has 7 heteroatoms. The zero-order valence-electron chi connectivity index (χ0n) is 17.3. The summed E-state index contributed by atoms with van der Waals surface area (Å²) in [6.45, 7) is 0.547. The van der Waals surface area contributed by atoms with E-state index >= 15 is 0 Å². The highest BCUT2D eigenvalue weighted by Crippen LogP contribution is 2.32. The third kappa shape index (κ3) is 4.46. The van der Waals surface area contributed by atoms with Gasteiger partial charge >= 0.3 is 0 Å². The van der Waals surface area contributed by atoms with Crippen molar-refractivity contribution in [2.75, 3.05) is 19.8 Å². The summed E-state index contributed by atoms with van der Waals surface area (Å²) in [5.74, 6) is -0.477. The Kier molecular flexibility index (Phi) is 5.77. The molecule has 2 N–H and O–H groups in total. The van der Waals surface area contributed by atoms with Crippen LogP contribution >= 0.6 is 0 Å². The summed E-state index contributed by atoms with van der Waals surface area (Å²) in [6.07, 6.45) is 5.28. The topological polar surface area (TPSA) is 60.0 Å². The number of benzene rings is 2. The number of hydrogen-bond donors (Lipinski definition) is 1. The van der Waals surface area contributed by atoms with Gasteiger partial charge in [-0.05, 0) is 67.7 Å². The smallest absolute Gasteiger partial charge is 0.153 e. The third-order valence-electron chi connectivity index (χ3n) is 4.95. The minimum absolute atomic E-state index is 0.0115. The van der Waals surface area contributed by atoms with Crippen molar-refractivity contribution in [2.24, 2.45) is 0 Å². The molecule has 0 atom stereocenters. The maximum Gasteiger partial charge on any atom is 0.153 e. The van der Waals surface area contributed by atoms with Gasteiger partial charge in [0.2, 0.25) is 0 Å². The monoisotopic (exact) mass is 418 g/mol. The fourth-order valence-electron chi connectivity index (χ4n) is 3.46. The Balaban J connectivity index is 1.77. The average Bonchev–Trinajstić information content (AvgIpc) is 3.28. The van der Waals surface area contributed by atoms with Crippen LogP contribution in [0.5, 0.6) is 0 Å². The molecule has 0 fully saturated rings. The number of aromatic nitrogens is 3. The van der Waals surface area contributed by atoms with Crippen molar-refractivity contribution in [1.29, 1.82) is 0 Å². The van der Waals surface area contributed by atoms with Gasteiger partial charge in [0.15, 0.2) is 5.82 Å². The summed E-state index contributed by atoms with van der Waals surface area (Å²) in [6, 6.07) is 14.5. The summed E-state index contributed by atoms with van der Waals surface area (Å²) in [5.41, 5.74) is 10.0. The molecular formula is C24H22F2N5. The fourth-order valence-corrected chi connectivity index (χ4v) is 3.46. The lowest BCUT2D eigenvalue weighted by molar-refractivity contribution is 0.403. The van der Waals surface area contributed by atoms with Gasteiger partial charge in [0, 0.05) is 53.9 Å². The van der Waals surface area contributed by atoms with E-state index in [1.54, 1.807) is 17.1 Å². The number of hydrogen-bond acceptors (Lipinski definition) is 4. The van der Waals surface area contributed by atoms with E-state index in [0.29, 0.717) is 23.6 Å².